The van der Waals surface area contributed by atoms with Crippen LogP contribution in [0.4, 0.5) is 4.39 Å². The summed E-state index contributed by atoms with van der Waals surface area (Å²) in [5.41, 5.74) is -0.508. The Morgan fingerprint density at radius 2 is 2.00 bits per heavy atom. The molecule has 0 saturated carbocycles. The Morgan fingerprint density at radius 1 is 1.22 bits per heavy atom. The second kappa shape index (κ2) is 5.85. The predicted molar refractivity (Wildman–Crippen MR) is 84.5 cm³/mol. The summed E-state index contributed by atoms with van der Waals surface area (Å²) in [5.74, 6) is -0.583. The first-order valence-electron chi connectivity index (χ1n) is 7.21. The summed E-state index contributed by atoms with van der Waals surface area (Å²) >= 11 is 0. The maximum absolute atomic E-state index is 13.1. The molecule has 1 aromatic heterocycles. The summed E-state index contributed by atoms with van der Waals surface area (Å²) in [5, 5.41) is 14.0. The van der Waals surface area contributed by atoms with E-state index in [2.05, 4.69) is 5.32 Å². The van der Waals surface area contributed by atoms with Crippen LogP contribution in [0, 0.1) is 5.82 Å². The average molecular weight is 313 g/mol. The Bertz CT molecular complexity index is 821. The Hall–Kier alpha value is -2.66. The van der Waals surface area contributed by atoms with E-state index >= 15 is 0 Å². The maximum Gasteiger partial charge on any atom is 0.251 e. The summed E-state index contributed by atoms with van der Waals surface area (Å²) < 4.78 is 18.8. The lowest BCUT2D eigenvalue weighted by atomic mass is 10.0. The van der Waals surface area contributed by atoms with Gasteiger partial charge in [0.25, 0.3) is 5.91 Å². The monoisotopic (exact) mass is 313 g/mol. The topological polar surface area (TPSA) is 62.5 Å². The number of halogens is 1. The molecule has 0 aliphatic rings. The number of fused-ring (bicyclic) bond motifs is 1. The fourth-order valence-electron chi connectivity index (χ4n) is 2.32. The van der Waals surface area contributed by atoms with Crippen molar-refractivity contribution in [2.24, 2.45) is 0 Å². The van der Waals surface area contributed by atoms with Gasteiger partial charge in [0.1, 0.15) is 22.8 Å². The van der Waals surface area contributed by atoms with Crippen molar-refractivity contribution in [3.63, 3.8) is 0 Å². The van der Waals surface area contributed by atoms with Gasteiger partial charge in [-0.1, -0.05) is 24.3 Å². The van der Waals surface area contributed by atoms with Crippen LogP contribution in [0.25, 0.3) is 11.0 Å². The van der Waals surface area contributed by atoms with E-state index in [4.69, 9.17) is 4.42 Å². The molecule has 3 aromatic rings. The molecule has 0 saturated heterocycles. The van der Waals surface area contributed by atoms with E-state index in [9.17, 15) is 14.3 Å². The van der Waals surface area contributed by atoms with E-state index < -0.39 is 17.3 Å². The smallest absolute Gasteiger partial charge is 0.251 e. The number of carbonyl (C=O) groups excluding carboxylic acids is 1. The number of hydrogen-bond acceptors (Lipinski definition) is 3. The van der Waals surface area contributed by atoms with Crippen LogP contribution < -0.4 is 5.32 Å². The van der Waals surface area contributed by atoms with Crippen molar-refractivity contribution in [1.29, 1.82) is 0 Å². The van der Waals surface area contributed by atoms with Crippen molar-refractivity contribution < 1.29 is 18.7 Å². The van der Waals surface area contributed by atoms with Gasteiger partial charge < -0.3 is 14.8 Å². The SMILES string of the molecule is CC(O)(CNC(=O)c1cccc(F)c1)c1cc2ccccc2o1. The van der Waals surface area contributed by atoms with Crippen molar-refractivity contribution in [2.75, 3.05) is 6.54 Å². The predicted octanol–water partition coefficient (Wildman–Crippen LogP) is 3.21. The quantitative estimate of drug-likeness (QED) is 0.777. The van der Waals surface area contributed by atoms with Gasteiger partial charge in [0, 0.05) is 10.9 Å². The molecule has 118 valence electrons. The zero-order chi connectivity index (χ0) is 16.4. The van der Waals surface area contributed by atoms with Gasteiger partial charge in [0.2, 0.25) is 0 Å². The fraction of sp³-hybridized carbons (Fsp3) is 0.167. The Balaban J connectivity index is 1.74. The highest BCUT2D eigenvalue weighted by Crippen LogP contribution is 2.27. The number of nitrogens with one attached hydrogen (secondary N) is 1. The molecule has 2 aromatic carbocycles. The van der Waals surface area contributed by atoms with Gasteiger partial charge in [-0.15, -0.1) is 0 Å². The number of hydrogen-bond donors (Lipinski definition) is 2. The van der Waals surface area contributed by atoms with Gasteiger partial charge in [0.05, 0.1) is 6.54 Å². The first-order chi connectivity index (χ1) is 11.0. The Morgan fingerprint density at radius 3 is 2.74 bits per heavy atom. The van der Waals surface area contributed by atoms with E-state index in [-0.39, 0.29) is 12.1 Å². The maximum atomic E-state index is 13.1. The van der Waals surface area contributed by atoms with Crippen LogP contribution in [0.1, 0.15) is 23.0 Å². The molecule has 0 spiro atoms. The van der Waals surface area contributed by atoms with Crippen LogP contribution in [0.3, 0.4) is 0 Å². The Labute approximate surface area is 132 Å². The summed E-state index contributed by atoms with van der Waals surface area (Å²) in [4.78, 5) is 12.0. The van der Waals surface area contributed by atoms with E-state index in [1.807, 2.05) is 18.2 Å². The first-order valence-corrected chi connectivity index (χ1v) is 7.21. The second-order valence-electron chi connectivity index (χ2n) is 5.62. The van der Waals surface area contributed by atoms with Gasteiger partial charge in [-0.3, -0.25) is 4.79 Å². The highest BCUT2D eigenvalue weighted by atomic mass is 19.1. The number of benzene rings is 2. The Kier molecular flexibility index (Phi) is 3.88. The molecule has 1 unspecified atom stereocenters. The molecule has 0 bridgehead atoms. The molecule has 5 heteroatoms. The standard InChI is InChI=1S/C18H16FNO3/c1-18(22,16-10-12-5-2-3-8-15(12)23-16)11-20-17(21)13-6-4-7-14(19)9-13/h2-10,22H,11H2,1H3,(H,20,21). The summed E-state index contributed by atoms with van der Waals surface area (Å²) in [6.07, 6.45) is 0. The van der Waals surface area contributed by atoms with Gasteiger partial charge in [-0.25, -0.2) is 4.39 Å². The lowest BCUT2D eigenvalue weighted by Gasteiger charge is -2.21. The minimum Gasteiger partial charge on any atom is -0.458 e. The molecule has 0 fully saturated rings. The van der Waals surface area contributed by atoms with Crippen LogP contribution in [0.15, 0.2) is 59.0 Å². The van der Waals surface area contributed by atoms with Crippen molar-refractivity contribution in [3.8, 4) is 0 Å². The van der Waals surface area contributed by atoms with Crippen LogP contribution >= 0.6 is 0 Å². The molecule has 1 amide bonds. The number of amides is 1. The fourth-order valence-corrected chi connectivity index (χ4v) is 2.32. The molecule has 0 radical (unpaired) electrons. The number of furan rings is 1. The minimum atomic E-state index is -1.37. The van der Waals surface area contributed by atoms with Gasteiger partial charge >= 0.3 is 0 Å². The third-order valence-electron chi connectivity index (χ3n) is 3.64. The zero-order valence-electron chi connectivity index (χ0n) is 12.5. The van der Waals surface area contributed by atoms with Crippen molar-refractivity contribution in [2.45, 2.75) is 12.5 Å². The van der Waals surface area contributed by atoms with Crippen molar-refractivity contribution >= 4 is 16.9 Å². The van der Waals surface area contributed by atoms with Crippen molar-refractivity contribution in [3.05, 3.63) is 71.7 Å². The summed E-state index contributed by atoms with van der Waals surface area (Å²) in [7, 11) is 0. The number of aliphatic hydroxyl groups is 1. The summed E-state index contributed by atoms with van der Waals surface area (Å²) in [6, 6.07) is 14.5. The average Bonchev–Trinajstić information content (AvgIpc) is 2.97. The van der Waals surface area contributed by atoms with Gasteiger partial charge in [-0.05, 0) is 37.3 Å². The lowest BCUT2D eigenvalue weighted by Crippen LogP contribution is -2.38. The number of carbonyl (C=O) groups is 1. The number of para-hydroxylation sites is 1. The molecule has 2 N–H and O–H groups in total. The van der Waals surface area contributed by atoms with E-state index in [1.165, 1.54) is 18.2 Å². The van der Waals surface area contributed by atoms with Crippen LogP contribution in [0.5, 0.6) is 0 Å². The lowest BCUT2D eigenvalue weighted by molar-refractivity contribution is 0.0344. The minimum absolute atomic E-state index is 0.0534. The highest BCUT2D eigenvalue weighted by molar-refractivity contribution is 5.94. The molecule has 1 heterocycles. The molecule has 1 atom stereocenters. The van der Waals surface area contributed by atoms with Crippen molar-refractivity contribution in [1.82, 2.24) is 5.32 Å². The molecule has 0 aliphatic heterocycles. The molecule has 3 rings (SSSR count). The van der Waals surface area contributed by atoms with Crippen LogP contribution in [-0.2, 0) is 5.60 Å². The second-order valence-corrected chi connectivity index (χ2v) is 5.62. The normalized spacial score (nSPS) is 13.7. The summed E-state index contributed by atoms with van der Waals surface area (Å²) in [6.45, 7) is 1.50. The molecular weight excluding hydrogens is 297 g/mol. The molecule has 4 nitrogen and oxygen atoms in total. The van der Waals surface area contributed by atoms with Crippen LogP contribution in [-0.4, -0.2) is 17.6 Å². The van der Waals surface area contributed by atoms with E-state index in [0.717, 1.165) is 11.5 Å². The third-order valence-corrected chi connectivity index (χ3v) is 3.64. The highest BCUT2D eigenvalue weighted by Gasteiger charge is 2.28. The van der Waals surface area contributed by atoms with E-state index in [1.54, 1.807) is 19.1 Å². The molecular formula is C18H16FNO3. The van der Waals surface area contributed by atoms with E-state index in [0.29, 0.717) is 11.3 Å². The molecule has 0 aliphatic carbocycles. The number of rotatable bonds is 4. The van der Waals surface area contributed by atoms with Crippen LogP contribution in [0.2, 0.25) is 0 Å². The first kappa shape index (κ1) is 15.2. The van der Waals surface area contributed by atoms with Gasteiger partial charge in [0.15, 0.2) is 0 Å². The third kappa shape index (κ3) is 3.24. The van der Waals surface area contributed by atoms with Gasteiger partial charge in [-0.2, -0.15) is 0 Å². The molecule has 23 heavy (non-hydrogen) atoms. The largest absolute Gasteiger partial charge is 0.458 e. The zero-order valence-corrected chi connectivity index (χ0v) is 12.5.